The predicted molar refractivity (Wildman–Crippen MR) is 69.0 cm³/mol. The van der Waals surface area contributed by atoms with E-state index in [2.05, 4.69) is 20.9 Å². The van der Waals surface area contributed by atoms with Gasteiger partial charge in [0.25, 0.3) is 5.56 Å². The van der Waals surface area contributed by atoms with Crippen molar-refractivity contribution < 1.29 is 0 Å². The van der Waals surface area contributed by atoms with Gasteiger partial charge in [0.1, 0.15) is 4.47 Å². The SMILES string of the molecule is CCc1csc2nc(C(C)N)c(Br)c(=O)n12. The van der Waals surface area contributed by atoms with E-state index in [0.29, 0.717) is 15.1 Å². The number of aryl methyl sites for hydroxylation is 1. The standard InChI is InChI=1S/C10H12BrN3OS/c1-3-6-4-16-10-13-8(5(2)12)7(11)9(15)14(6)10/h4-5H,3,12H2,1-2H3. The highest BCUT2D eigenvalue weighted by Gasteiger charge is 2.15. The van der Waals surface area contributed by atoms with Crippen LogP contribution in [0, 0.1) is 0 Å². The van der Waals surface area contributed by atoms with Gasteiger partial charge in [-0.2, -0.15) is 0 Å². The minimum Gasteiger partial charge on any atom is -0.323 e. The number of nitrogens with zero attached hydrogens (tertiary/aromatic N) is 2. The van der Waals surface area contributed by atoms with Gasteiger partial charge in [0.15, 0.2) is 4.96 Å². The predicted octanol–water partition coefficient (Wildman–Crippen LogP) is 2.10. The van der Waals surface area contributed by atoms with E-state index in [-0.39, 0.29) is 11.6 Å². The Bertz CT molecular complexity index is 587. The van der Waals surface area contributed by atoms with Crippen molar-refractivity contribution in [1.82, 2.24) is 9.38 Å². The molecular formula is C10H12BrN3OS. The minimum absolute atomic E-state index is 0.0737. The van der Waals surface area contributed by atoms with Gasteiger partial charge in [-0.05, 0) is 29.3 Å². The lowest BCUT2D eigenvalue weighted by Crippen LogP contribution is -2.21. The molecule has 86 valence electrons. The molecule has 0 fully saturated rings. The second-order valence-corrected chi connectivity index (χ2v) is 5.23. The maximum Gasteiger partial charge on any atom is 0.273 e. The average molecular weight is 302 g/mol. The van der Waals surface area contributed by atoms with Crippen LogP contribution in [0.1, 0.15) is 31.3 Å². The normalized spacial score (nSPS) is 13.2. The number of thiazole rings is 1. The molecule has 0 spiro atoms. The van der Waals surface area contributed by atoms with Gasteiger partial charge in [0, 0.05) is 17.1 Å². The Hall–Kier alpha value is -0.720. The number of aromatic nitrogens is 2. The molecule has 16 heavy (non-hydrogen) atoms. The first-order valence-corrected chi connectivity index (χ1v) is 6.67. The summed E-state index contributed by atoms with van der Waals surface area (Å²) in [6, 6.07) is -0.251. The maximum absolute atomic E-state index is 12.1. The average Bonchev–Trinajstić information content (AvgIpc) is 2.65. The second kappa shape index (κ2) is 4.27. The lowest BCUT2D eigenvalue weighted by atomic mass is 10.2. The molecule has 1 atom stereocenters. The van der Waals surface area contributed by atoms with Crippen LogP contribution < -0.4 is 11.3 Å². The first kappa shape index (κ1) is 11.8. The third-order valence-electron chi connectivity index (χ3n) is 2.40. The van der Waals surface area contributed by atoms with E-state index in [9.17, 15) is 4.79 Å². The number of rotatable bonds is 2. The summed E-state index contributed by atoms with van der Waals surface area (Å²) in [4.78, 5) is 17.2. The highest BCUT2D eigenvalue weighted by Crippen LogP contribution is 2.20. The van der Waals surface area contributed by atoms with Crippen LogP contribution in [0.3, 0.4) is 0 Å². The lowest BCUT2D eigenvalue weighted by Gasteiger charge is -2.07. The van der Waals surface area contributed by atoms with Crippen molar-refractivity contribution in [2.24, 2.45) is 5.73 Å². The Morgan fingerprint density at radius 2 is 2.38 bits per heavy atom. The van der Waals surface area contributed by atoms with Gasteiger partial charge in [0.05, 0.1) is 5.69 Å². The molecule has 0 bridgehead atoms. The largest absolute Gasteiger partial charge is 0.323 e. The summed E-state index contributed by atoms with van der Waals surface area (Å²) < 4.78 is 2.11. The van der Waals surface area contributed by atoms with Crippen LogP contribution >= 0.6 is 27.3 Å². The summed E-state index contributed by atoms with van der Waals surface area (Å²) in [5.41, 5.74) is 7.30. The lowest BCUT2D eigenvalue weighted by molar-refractivity contribution is 0.765. The fourth-order valence-corrected chi connectivity index (χ4v) is 3.14. The summed E-state index contributed by atoms with van der Waals surface area (Å²) in [6.07, 6.45) is 0.811. The van der Waals surface area contributed by atoms with Crippen molar-refractivity contribution in [3.63, 3.8) is 0 Å². The summed E-state index contributed by atoms with van der Waals surface area (Å²) in [5.74, 6) is 0. The van der Waals surface area contributed by atoms with Crippen LogP contribution in [0.25, 0.3) is 4.96 Å². The topological polar surface area (TPSA) is 60.4 Å². The van der Waals surface area contributed by atoms with Crippen molar-refractivity contribution in [3.05, 3.63) is 31.6 Å². The van der Waals surface area contributed by atoms with Crippen molar-refractivity contribution >= 4 is 32.2 Å². The summed E-state index contributed by atoms with van der Waals surface area (Å²) in [5, 5.41) is 1.96. The maximum atomic E-state index is 12.1. The quantitative estimate of drug-likeness (QED) is 0.924. The Balaban J connectivity index is 2.85. The number of hydrogen-bond acceptors (Lipinski definition) is 4. The van der Waals surface area contributed by atoms with E-state index in [1.165, 1.54) is 11.3 Å². The number of hydrogen-bond donors (Lipinski definition) is 1. The van der Waals surface area contributed by atoms with Gasteiger partial charge in [-0.3, -0.25) is 9.20 Å². The molecule has 2 N–H and O–H groups in total. The molecule has 0 aliphatic rings. The van der Waals surface area contributed by atoms with E-state index in [1.54, 1.807) is 4.40 Å². The molecule has 0 saturated carbocycles. The van der Waals surface area contributed by atoms with Gasteiger partial charge < -0.3 is 5.73 Å². The van der Waals surface area contributed by atoms with Crippen LogP contribution in [-0.2, 0) is 6.42 Å². The van der Waals surface area contributed by atoms with Crippen LogP contribution in [0.4, 0.5) is 0 Å². The number of nitrogens with two attached hydrogens (primary N) is 1. The van der Waals surface area contributed by atoms with Crippen LogP contribution in [0.2, 0.25) is 0 Å². The van der Waals surface area contributed by atoms with E-state index in [0.717, 1.165) is 12.1 Å². The van der Waals surface area contributed by atoms with Crippen molar-refractivity contribution in [3.8, 4) is 0 Å². The molecule has 0 aliphatic heterocycles. The molecule has 0 aromatic carbocycles. The van der Waals surface area contributed by atoms with Crippen LogP contribution in [0.5, 0.6) is 0 Å². The summed E-state index contributed by atoms with van der Waals surface area (Å²) in [7, 11) is 0. The zero-order valence-electron chi connectivity index (χ0n) is 9.03. The van der Waals surface area contributed by atoms with Gasteiger partial charge >= 0.3 is 0 Å². The van der Waals surface area contributed by atoms with Gasteiger partial charge in [0.2, 0.25) is 0 Å². The van der Waals surface area contributed by atoms with Crippen molar-refractivity contribution in [1.29, 1.82) is 0 Å². The van der Waals surface area contributed by atoms with Crippen molar-refractivity contribution in [2.75, 3.05) is 0 Å². The van der Waals surface area contributed by atoms with E-state index in [1.807, 2.05) is 19.2 Å². The Labute approximate surface area is 105 Å². The van der Waals surface area contributed by atoms with E-state index in [4.69, 9.17) is 5.73 Å². The third-order valence-corrected chi connectivity index (χ3v) is 4.02. The fraction of sp³-hybridized carbons (Fsp3) is 0.400. The highest BCUT2D eigenvalue weighted by atomic mass is 79.9. The van der Waals surface area contributed by atoms with E-state index >= 15 is 0 Å². The van der Waals surface area contributed by atoms with Crippen molar-refractivity contribution in [2.45, 2.75) is 26.3 Å². The third kappa shape index (κ3) is 1.70. The second-order valence-electron chi connectivity index (χ2n) is 3.60. The minimum atomic E-state index is -0.251. The molecule has 2 aromatic heterocycles. The first-order valence-electron chi connectivity index (χ1n) is 5.00. The Kier molecular flexibility index (Phi) is 3.14. The summed E-state index contributed by atoms with van der Waals surface area (Å²) >= 11 is 4.75. The molecule has 2 heterocycles. The summed E-state index contributed by atoms with van der Waals surface area (Å²) in [6.45, 7) is 3.83. The first-order chi connectivity index (χ1) is 7.56. The zero-order chi connectivity index (χ0) is 11.9. The number of halogens is 1. The highest BCUT2D eigenvalue weighted by molar-refractivity contribution is 9.10. The Morgan fingerprint density at radius 1 is 1.69 bits per heavy atom. The fourth-order valence-electron chi connectivity index (χ4n) is 1.55. The number of fused-ring (bicyclic) bond motifs is 1. The molecule has 0 saturated heterocycles. The van der Waals surface area contributed by atoms with E-state index < -0.39 is 0 Å². The molecule has 0 amide bonds. The smallest absolute Gasteiger partial charge is 0.273 e. The molecule has 2 aromatic rings. The molecule has 0 aliphatic carbocycles. The molecular weight excluding hydrogens is 290 g/mol. The van der Waals surface area contributed by atoms with Gasteiger partial charge in [-0.15, -0.1) is 11.3 Å². The monoisotopic (exact) mass is 301 g/mol. The molecule has 6 heteroatoms. The van der Waals surface area contributed by atoms with Crippen LogP contribution in [0.15, 0.2) is 14.6 Å². The van der Waals surface area contributed by atoms with Crippen LogP contribution in [-0.4, -0.2) is 9.38 Å². The van der Waals surface area contributed by atoms with Gasteiger partial charge in [-0.1, -0.05) is 6.92 Å². The molecule has 2 rings (SSSR count). The molecule has 4 nitrogen and oxygen atoms in total. The molecule has 1 unspecified atom stereocenters. The molecule has 0 radical (unpaired) electrons. The zero-order valence-corrected chi connectivity index (χ0v) is 11.4. The van der Waals surface area contributed by atoms with Gasteiger partial charge in [-0.25, -0.2) is 4.98 Å². The Morgan fingerprint density at radius 3 is 2.94 bits per heavy atom.